The molecule has 2 aliphatic heterocycles. The van der Waals surface area contributed by atoms with Crippen molar-refractivity contribution < 1.29 is 9.59 Å². The highest BCUT2D eigenvalue weighted by molar-refractivity contribution is 5.91. The summed E-state index contributed by atoms with van der Waals surface area (Å²) in [5, 5.41) is 9.36. The average Bonchev–Trinajstić information content (AvgIpc) is 3.06. The number of hydrogen-bond acceptors (Lipinski definition) is 3. The number of rotatable bonds is 3. The van der Waals surface area contributed by atoms with Gasteiger partial charge in [0.2, 0.25) is 5.91 Å². The molecular weight excluding hydrogens is 280 g/mol. The summed E-state index contributed by atoms with van der Waals surface area (Å²) >= 11 is 0. The van der Waals surface area contributed by atoms with E-state index in [0.717, 1.165) is 51.6 Å². The van der Waals surface area contributed by atoms with Gasteiger partial charge >= 0.3 is 6.03 Å². The zero-order valence-electron chi connectivity index (χ0n) is 13.5. The van der Waals surface area contributed by atoms with Crippen molar-refractivity contribution in [3.63, 3.8) is 0 Å². The first-order valence-corrected chi connectivity index (χ1v) is 8.74. The van der Waals surface area contributed by atoms with E-state index in [0.29, 0.717) is 18.6 Å². The Morgan fingerprint density at radius 2 is 1.91 bits per heavy atom. The van der Waals surface area contributed by atoms with Gasteiger partial charge in [-0.05, 0) is 39.0 Å². The van der Waals surface area contributed by atoms with Crippen LogP contribution in [0.4, 0.5) is 4.79 Å². The molecule has 0 aromatic carbocycles. The Morgan fingerprint density at radius 3 is 2.64 bits per heavy atom. The molecule has 1 aliphatic carbocycles. The van der Waals surface area contributed by atoms with Crippen molar-refractivity contribution in [2.24, 2.45) is 0 Å². The summed E-state index contributed by atoms with van der Waals surface area (Å²) in [6.07, 6.45) is 6.97. The first-order chi connectivity index (χ1) is 10.6. The minimum Gasteiger partial charge on any atom is -0.339 e. The predicted octanol–water partition coefficient (Wildman–Crippen LogP) is 0.971. The number of nitrogens with zero attached hydrogens (tertiary/aromatic N) is 1. The molecule has 2 atom stereocenters. The third kappa shape index (κ3) is 3.07. The Morgan fingerprint density at radius 1 is 1.18 bits per heavy atom. The molecule has 0 aromatic heterocycles. The van der Waals surface area contributed by atoms with E-state index in [4.69, 9.17) is 0 Å². The van der Waals surface area contributed by atoms with Gasteiger partial charge in [-0.2, -0.15) is 0 Å². The van der Waals surface area contributed by atoms with Gasteiger partial charge in [0.05, 0.1) is 0 Å². The normalized spacial score (nSPS) is 30.0. The average molecular weight is 308 g/mol. The molecule has 0 aromatic rings. The first-order valence-electron chi connectivity index (χ1n) is 8.74. The van der Waals surface area contributed by atoms with Crippen molar-refractivity contribution in [1.29, 1.82) is 0 Å². The summed E-state index contributed by atoms with van der Waals surface area (Å²) in [5.41, 5.74) is -0.678. The van der Waals surface area contributed by atoms with Crippen LogP contribution in [-0.2, 0) is 4.79 Å². The van der Waals surface area contributed by atoms with E-state index >= 15 is 0 Å². The third-order valence-electron chi connectivity index (χ3n) is 5.37. The Labute approximate surface area is 132 Å². The van der Waals surface area contributed by atoms with Crippen molar-refractivity contribution in [3.05, 3.63) is 0 Å². The quantitative estimate of drug-likeness (QED) is 0.727. The van der Waals surface area contributed by atoms with Crippen LogP contribution < -0.4 is 16.0 Å². The van der Waals surface area contributed by atoms with Crippen LogP contribution in [0.1, 0.15) is 51.9 Å². The molecule has 3 aliphatic rings. The second kappa shape index (κ2) is 6.44. The molecule has 6 nitrogen and oxygen atoms in total. The lowest BCUT2D eigenvalue weighted by atomic mass is 9.94. The summed E-state index contributed by atoms with van der Waals surface area (Å²) in [6, 6.07) is 0.783. The van der Waals surface area contributed by atoms with Crippen LogP contribution in [0.25, 0.3) is 0 Å². The molecule has 2 saturated heterocycles. The lowest BCUT2D eigenvalue weighted by Crippen LogP contribution is -2.60. The highest BCUT2D eigenvalue weighted by Crippen LogP contribution is 2.33. The molecule has 6 heteroatoms. The Hall–Kier alpha value is -1.30. The molecule has 2 heterocycles. The minimum absolute atomic E-state index is 0.130. The fourth-order valence-corrected chi connectivity index (χ4v) is 4.22. The van der Waals surface area contributed by atoms with E-state index in [9.17, 15) is 9.59 Å². The van der Waals surface area contributed by atoms with Crippen LogP contribution in [0, 0.1) is 0 Å². The van der Waals surface area contributed by atoms with Gasteiger partial charge < -0.3 is 20.9 Å². The standard InChI is InChI=1S/C16H28N4O2/c1-2-17-15(22)19-16(8-3-4-9-16)14(21)20-10-7-12-5-6-13(11-20)18-12/h12-13,18H,2-11H2,1H3,(H2,17,19,22). The van der Waals surface area contributed by atoms with E-state index in [2.05, 4.69) is 16.0 Å². The number of amides is 3. The fourth-order valence-electron chi connectivity index (χ4n) is 4.22. The molecular formula is C16H28N4O2. The van der Waals surface area contributed by atoms with Crippen LogP contribution >= 0.6 is 0 Å². The van der Waals surface area contributed by atoms with E-state index in [1.165, 1.54) is 6.42 Å². The lowest BCUT2D eigenvalue weighted by molar-refractivity contribution is -0.138. The molecule has 0 radical (unpaired) electrons. The number of carbonyl (C=O) groups excluding carboxylic acids is 2. The third-order valence-corrected chi connectivity index (χ3v) is 5.37. The minimum atomic E-state index is -0.678. The maximum atomic E-state index is 13.1. The molecule has 0 spiro atoms. The summed E-state index contributed by atoms with van der Waals surface area (Å²) in [7, 11) is 0. The summed E-state index contributed by atoms with van der Waals surface area (Å²) in [6.45, 7) is 4.06. The zero-order chi connectivity index (χ0) is 15.6. The van der Waals surface area contributed by atoms with Crippen molar-refractivity contribution >= 4 is 11.9 Å². The van der Waals surface area contributed by atoms with Crippen molar-refractivity contribution in [2.75, 3.05) is 19.6 Å². The molecule has 2 unspecified atom stereocenters. The van der Waals surface area contributed by atoms with Crippen LogP contribution in [0.15, 0.2) is 0 Å². The number of nitrogens with one attached hydrogen (secondary N) is 3. The van der Waals surface area contributed by atoms with Crippen LogP contribution in [0.3, 0.4) is 0 Å². The smallest absolute Gasteiger partial charge is 0.315 e. The van der Waals surface area contributed by atoms with E-state index in [-0.39, 0.29) is 11.9 Å². The Bertz CT molecular complexity index is 434. The molecule has 2 bridgehead atoms. The van der Waals surface area contributed by atoms with Crippen LogP contribution in [0.2, 0.25) is 0 Å². The predicted molar refractivity (Wildman–Crippen MR) is 84.6 cm³/mol. The highest BCUT2D eigenvalue weighted by Gasteiger charge is 2.46. The monoisotopic (exact) mass is 308 g/mol. The molecule has 3 amide bonds. The maximum Gasteiger partial charge on any atom is 0.315 e. The molecule has 1 saturated carbocycles. The Balaban J connectivity index is 1.70. The molecule has 3 rings (SSSR count). The van der Waals surface area contributed by atoms with Gasteiger partial charge in [0.15, 0.2) is 0 Å². The number of hydrogen-bond donors (Lipinski definition) is 3. The topological polar surface area (TPSA) is 73.5 Å². The van der Waals surface area contributed by atoms with Crippen molar-refractivity contribution in [3.8, 4) is 0 Å². The van der Waals surface area contributed by atoms with Gasteiger partial charge in [-0.1, -0.05) is 12.8 Å². The van der Waals surface area contributed by atoms with Gasteiger partial charge in [-0.25, -0.2) is 4.79 Å². The summed E-state index contributed by atoms with van der Waals surface area (Å²) in [4.78, 5) is 27.1. The number of carbonyl (C=O) groups is 2. The van der Waals surface area contributed by atoms with Crippen molar-refractivity contribution in [1.82, 2.24) is 20.9 Å². The first kappa shape index (κ1) is 15.6. The SMILES string of the molecule is CCNC(=O)NC1(C(=O)N2CCC3CCC(C2)N3)CCCC1. The number of urea groups is 1. The second-order valence-corrected chi connectivity index (χ2v) is 6.95. The number of fused-ring (bicyclic) bond motifs is 2. The van der Waals surface area contributed by atoms with Gasteiger partial charge in [0.1, 0.15) is 5.54 Å². The van der Waals surface area contributed by atoms with E-state index < -0.39 is 5.54 Å². The van der Waals surface area contributed by atoms with E-state index in [1.54, 1.807) is 0 Å². The Kier molecular flexibility index (Phi) is 4.57. The fraction of sp³-hybridized carbons (Fsp3) is 0.875. The largest absolute Gasteiger partial charge is 0.339 e. The summed E-state index contributed by atoms with van der Waals surface area (Å²) < 4.78 is 0. The molecule has 22 heavy (non-hydrogen) atoms. The van der Waals surface area contributed by atoms with Crippen LogP contribution in [-0.4, -0.2) is 54.1 Å². The molecule has 3 N–H and O–H groups in total. The van der Waals surface area contributed by atoms with Gasteiger partial charge in [0.25, 0.3) is 0 Å². The van der Waals surface area contributed by atoms with Gasteiger partial charge in [-0.15, -0.1) is 0 Å². The summed E-state index contributed by atoms with van der Waals surface area (Å²) in [5.74, 6) is 0.130. The maximum absolute atomic E-state index is 13.1. The van der Waals surface area contributed by atoms with E-state index in [1.807, 2.05) is 11.8 Å². The second-order valence-electron chi connectivity index (χ2n) is 6.95. The lowest BCUT2D eigenvalue weighted by Gasteiger charge is -2.35. The number of likely N-dealkylation sites (tertiary alicyclic amines) is 1. The molecule has 3 fully saturated rings. The zero-order valence-corrected chi connectivity index (χ0v) is 13.5. The molecule has 124 valence electrons. The van der Waals surface area contributed by atoms with Crippen molar-refractivity contribution in [2.45, 2.75) is 69.5 Å². The van der Waals surface area contributed by atoms with Gasteiger partial charge in [-0.3, -0.25) is 4.79 Å². The van der Waals surface area contributed by atoms with Crippen LogP contribution in [0.5, 0.6) is 0 Å². The highest BCUT2D eigenvalue weighted by atomic mass is 16.2. The van der Waals surface area contributed by atoms with Gasteiger partial charge in [0, 0.05) is 31.7 Å².